The molecule has 1 atom stereocenters. The van der Waals surface area contributed by atoms with Gasteiger partial charge in [-0.2, -0.15) is 0 Å². The predicted molar refractivity (Wildman–Crippen MR) is 98.7 cm³/mol. The third kappa shape index (κ3) is 4.61. The summed E-state index contributed by atoms with van der Waals surface area (Å²) in [6.07, 6.45) is 0.0130. The van der Waals surface area contributed by atoms with Crippen LogP contribution in [0.1, 0.15) is 18.9 Å². The van der Waals surface area contributed by atoms with Crippen molar-refractivity contribution in [3.05, 3.63) is 56.6 Å². The van der Waals surface area contributed by atoms with Gasteiger partial charge in [-0.1, -0.05) is 24.6 Å². The van der Waals surface area contributed by atoms with Gasteiger partial charge in [0.05, 0.1) is 0 Å². The molecule has 2 aromatic rings. The Morgan fingerprint density at radius 2 is 2.09 bits per heavy atom. The summed E-state index contributed by atoms with van der Waals surface area (Å²) in [6, 6.07) is 12.9. The lowest BCUT2D eigenvalue weighted by molar-refractivity contribution is -0.122. The molecule has 2 aromatic carbocycles. The van der Waals surface area contributed by atoms with E-state index in [9.17, 15) is 4.79 Å². The van der Waals surface area contributed by atoms with Crippen molar-refractivity contribution in [3.63, 3.8) is 0 Å². The molecular weight excluding hydrogens is 413 g/mol. The molecule has 0 bridgehead atoms. The van der Waals surface area contributed by atoms with Crippen LogP contribution in [0.15, 0.2) is 42.5 Å². The monoisotopic (exact) mass is 429 g/mol. The Morgan fingerprint density at radius 3 is 2.73 bits per heavy atom. The maximum absolute atomic E-state index is 12.4. The Hall–Kier alpha value is -1.27. The molecule has 3 nitrogen and oxygen atoms in total. The number of halogens is 2. The van der Waals surface area contributed by atoms with Gasteiger partial charge in [-0.15, -0.1) is 0 Å². The average molecular weight is 430 g/mol. The van der Waals surface area contributed by atoms with Crippen LogP contribution in [-0.2, 0) is 4.79 Å². The lowest BCUT2D eigenvalue weighted by atomic mass is 10.2. The highest BCUT2D eigenvalue weighted by Gasteiger charge is 2.19. The largest absolute Gasteiger partial charge is 0.481 e. The number of ether oxygens (including phenoxy) is 1. The zero-order chi connectivity index (χ0) is 16.1. The van der Waals surface area contributed by atoms with Crippen LogP contribution in [0.5, 0.6) is 5.75 Å². The quantitative estimate of drug-likeness (QED) is 0.676. The van der Waals surface area contributed by atoms with Crippen LogP contribution < -0.4 is 10.1 Å². The molecular formula is C17H17ClINO2. The van der Waals surface area contributed by atoms with Crippen LogP contribution in [0.3, 0.4) is 0 Å². The fourth-order valence-corrected chi connectivity index (χ4v) is 2.83. The maximum atomic E-state index is 12.4. The summed E-state index contributed by atoms with van der Waals surface area (Å²) in [5.74, 6) is 0.431. The zero-order valence-corrected chi connectivity index (χ0v) is 15.3. The van der Waals surface area contributed by atoms with Crippen molar-refractivity contribution in [2.45, 2.75) is 26.4 Å². The summed E-state index contributed by atoms with van der Waals surface area (Å²) >= 11 is 8.18. The van der Waals surface area contributed by atoms with E-state index >= 15 is 0 Å². The molecule has 0 radical (unpaired) electrons. The number of amides is 1. The van der Waals surface area contributed by atoms with Crippen LogP contribution in [0.4, 0.5) is 5.69 Å². The van der Waals surface area contributed by atoms with Gasteiger partial charge in [0.15, 0.2) is 6.10 Å². The molecule has 1 amide bonds. The number of benzene rings is 2. The molecule has 0 aromatic heterocycles. The van der Waals surface area contributed by atoms with E-state index in [0.717, 1.165) is 14.8 Å². The predicted octanol–water partition coefficient (Wildman–Crippen LogP) is 5.05. The summed E-state index contributed by atoms with van der Waals surface area (Å²) in [4.78, 5) is 12.4. The van der Waals surface area contributed by atoms with Gasteiger partial charge in [0.25, 0.3) is 5.91 Å². The third-order valence-corrected chi connectivity index (χ3v) is 4.09. The van der Waals surface area contributed by atoms with Gasteiger partial charge in [-0.3, -0.25) is 4.79 Å². The number of carbonyl (C=O) groups excluding carboxylic acids is 1. The van der Waals surface area contributed by atoms with E-state index < -0.39 is 6.10 Å². The highest BCUT2D eigenvalue weighted by Crippen LogP contribution is 2.21. The first-order chi connectivity index (χ1) is 10.5. The summed E-state index contributed by atoms with van der Waals surface area (Å²) in [5, 5.41) is 3.51. The standard InChI is InChI=1S/C17H17ClINO2/c1-3-16(22-14-6-4-5-12(18)10-14)17(21)20-15-8-7-13(19)9-11(15)2/h4-10,16H,3H2,1-2H3,(H,20,21). The maximum Gasteiger partial charge on any atom is 0.265 e. The lowest BCUT2D eigenvalue weighted by Gasteiger charge is -2.18. The van der Waals surface area contributed by atoms with Crippen molar-refractivity contribution in [3.8, 4) is 5.75 Å². The van der Waals surface area contributed by atoms with Crippen molar-refractivity contribution in [1.82, 2.24) is 0 Å². The van der Waals surface area contributed by atoms with Crippen molar-refractivity contribution in [2.24, 2.45) is 0 Å². The molecule has 22 heavy (non-hydrogen) atoms. The summed E-state index contributed by atoms with van der Waals surface area (Å²) in [5.41, 5.74) is 1.83. The number of aryl methyl sites for hydroxylation is 1. The highest BCUT2D eigenvalue weighted by molar-refractivity contribution is 14.1. The molecule has 0 aliphatic rings. The second-order valence-corrected chi connectivity index (χ2v) is 6.60. The minimum atomic E-state index is -0.558. The number of carbonyl (C=O) groups is 1. The van der Waals surface area contributed by atoms with Crippen LogP contribution in [0.25, 0.3) is 0 Å². The first-order valence-electron chi connectivity index (χ1n) is 6.99. The number of hydrogen-bond acceptors (Lipinski definition) is 2. The van der Waals surface area contributed by atoms with Gasteiger partial charge in [0.1, 0.15) is 5.75 Å². The van der Waals surface area contributed by atoms with Gasteiger partial charge in [-0.25, -0.2) is 0 Å². The van der Waals surface area contributed by atoms with Crippen molar-refractivity contribution >= 4 is 45.8 Å². The molecule has 1 N–H and O–H groups in total. The van der Waals surface area contributed by atoms with Crippen LogP contribution in [0.2, 0.25) is 5.02 Å². The minimum Gasteiger partial charge on any atom is -0.481 e. The van der Waals surface area contributed by atoms with E-state index in [1.807, 2.05) is 32.0 Å². The summed E-state index contributed by atoms with van der Waals surface area (Å²) in [6.45, 7) is 3.88. The Balaban J connectivity index is 2.08. The molecule has 1 unspecified atom stereocenters. The van der Waals surface area contributed by atoms with Gasteiger partial charge < -0.3 is 10.1 Å². The second-order valence-electron chi connectivity index (χ2n) is 4.92. The Kier molecular flexibility index (Phi) is 6.08. The summed E-state index contributed by atoms with van der Waals surface area (Å²) < 4.78 is 6.88. The molecule has 116 valence electrons. The molecule has 0 aliphatic heterocycles. The molecule has 5 heteroatoms. The number of nitrogens with one attached hydrogen (secondary N) is 1. The van der Waals surface area contributed by atoms with Crippen LogP contribution >= 0.6 is 34.2 Å². The normalized spacial score (nSPS) is 11.8. The number of rotatable bonds is 5. The highest BCUT2D eigenvalue weighted by atomic mass is 127. The fraction of sp³-hybridized carbons (Fsp3) is 0.235. The van der Waals surface area contributed by atoms with E-state index in [1.165, 1.54) is 0 Å². The topological polar surface area (TPSA) is 38.3 Å². The summed E-state index contributed by atoms with van der Waals surface area (Å²) in [7, 11) is 0. The molecule has 0 fully saturated rings. The van der Waals surface area contributed by atoms with Gasteiger partial charge >= 0.3 is 0 Å². The lowest BCUT2D eigenvalue weighted by Crippen LogP contribution is -2.32. The van der Waals surface area contributed by atoms with Crippen LogP contribution in [-0.4, -0.2) is 12.0 Å². The zero-order valence-electron chi connectivity index (χ0n) is 12.4. The number of hydrogen-bond donors (Lipinski definition) is 1. The smallest absolute Gasteiger partial charge is 0.265 e. The van der Waals surface area contributed by atoms with E-state index in [-0.39, 0.29) is 5.91 Å². The molecule has 0 heterocycles. The average Bonchev–Trinajstić information content (AvgIpc) is 2.47. The molecule has 2 rings (SSSR count). The van der Waals surface area contributed by atoms with Crippen molar-refractivity contribution in [2.75, 3.05) is 5.32 Å². The van der Waals surface area contributed by atoms with E-state index in [2.05, 4.69) is 27.9 Å². The Morgan fingerprint density at radius 1 is 1.32 bits per heavy atom. The Bertz CT molecular complexity index is 675. The Labute approximate surface area is 149 Å². The van der Waals surface area contributed by atoms with Gasteiger partial charge in [0.2, 0.25) is 0 Å². The SMILES string of the molecule is CCC(Oc1cccc(Cl)c1)C(=O)Nc1ccc(I)cc1C. The molecule has 0 saturated carbocycles. The number of anilines is 1. The van der Waals surface area contributed by atoms with Gasteiger partial charge in [0, 0.05) is 14.3 Å². The van der Waals surface area contributed by atoms with Crippen molar-refractivity contribution < 1.29 is 9.53 Å². The molecule has 0 aliphatic carbocycles. The first-order valence-corrected chi connectivity index (χ1v) is 8.44. The molecule has 0 saturated heterocycles. The first kappa shape index (κ1) is 17.1. The minimum absolute atomic E-state index is 0.160. The van der Waals surface area contributed by atoms with Crippen LogP contribution in [0, 0.1) is 10.5 Å². The molecule has 0 spiro atoms. The van der Waals surface area contributed by atoms with E-state index in [0.29, 0.717) is 17.2 Å². The third-order valence-electron chi connectivity index (χ3n) is 3.18. The van der Waals surface area contributed by atoms with E-state index in [4.69, 9.17) is 16.3 Å². The van der Waals surface area contributed by atoms with Gasteiger partial charge in [-0.05, 0) is 77.9 Å². The second kappa shape index (κ2) is 7.83. The van der Waals surface area contributed by atoms with E-state index in [1.54, 1.807) is 24.3 Å². The van der Waals surface area contributed by atoms with Crippen molar-refractivity contribution in [1.29, 1.82) is 0 Å². The fourth-order valence-electron chi connectivity index (χ4n) is 2.01.